The van der Waals surface area contributed by atoms with Crippen molar-refractivity contribution in [3.63, 3.8) is 0 Å². The highest BCUT2D eigenvalue weighted by Crippen LogP contribution is 2.50. The average Bonchev–Trinajstić information content (AvgIpc) is 2.36. The monoisotopic (exact) mass is 311 g/mol. The molecule has 1 saturated heterocycles. The molecule has 0 saturated carbocycles. The molecule has 1 unspecified atom stereocenters. The van der Waals surface area contributed by atoms with Crippen LogP contribution in [-0.4, -0.2) is 24.7 Å². The Morgan fingerprint density at radius 3 is 2.57 bits per heavy atom. The first kappa shape index (κ1) is 15.9. The Kier molecular flexibility index (Phi) is 3.63. The zero-order chi connectivity index (χ0) is 16.1. The molecule has 0 radical (unpaired) electrons. The Morgan fingerprint density at radius 1 is 1.38 bits per heavy atom. The van der Waals surface area contributed by atoms with Crippen LogP contribution in [0.5, 0.6) is 0 Å². The van der Waals surface area contributed by atoms with Gasteiger partial charge in [-0.15, -0.1) is 0 Å². The lowest BCUT2D eigenvalue weighted by Gasteiger charge is -2.49. The number of ether oxygens (including phenoxy) is 1. The summed E-state index contributed by atoms with van der Waals surface area (Å²) in [4.78, 5) is 0. The van der Waals surface area contributed by atoms with Crippen LogP contribution in [0.2, 0.25) is 0 Å². The van der Waals surface area contributed by atoms with E-state index in [4.69, 9.17) is 16.2 Å². The fourth-order valence-corrected chi connectivity index (χ4v) is 2.36. The number of nitrogens with one attached hydrogen (secondary N) is 1. The van der Waals surface area contributed by atoms with E-state index in [-0.39, 0.29) is 5.69 Å². The molecule has 1 fully saturated rings. The summed E-state index contributed by atoms with van der Waals surface area (Å²) in [7, 11) is 0. The molecule has 1 heterocycles. The Morgan fingerprint density at radius 2 is 2.00 bits per heavy atom. The summed E-state index contributed by atoms with van der Waals surface area (Å²) < 4.78 is 73.0. The summed E-state index contributed by atoms with van der Waals surface area (Å²) in [5.41, 5.74) is 7.47. The third kappa shape index (κ3) is 2.34. The molecule has 0 spiro atoms. The van der Waals surface area contributed by atoms with E-state index in [9.17, 15) is 22.0 Å². The summed E-state index contributed by atoms with van der Waals surface area (Å²) in [6, 6.07) is 2.89. The van der Waals surface area contributed by atoms with Crippen molar-refractivity contribution in [1.29, 1.82) is 0 Å². The van der Waals surface area contributed by atoms with E-state index in [0.717, 1.165) is 25.1 Å². The summed E-state index contributed by atoms with van der Waals surface area (Å²) in [5, 5.41) is 1.67. The number of nitrogens with two attached hydrogens (primary N) is 2. The third-order valence-electron chi connectivity index (χ3n) is 3.49. The smallest absolute Gasteiger partial charge is 0.399 e. The van der Waals surface area contributed by atoms with Crippen molar-refractivity contribution < 1.29 is 26.7 Å². The van der Waals surface area contributed by atoms with Crippen molar-refractivity contribution in [3.8, 4) is 0 Å². The summed E-state index contributed by atoms with van der Waals surface area (Å²) in [6.07, 6.45) is -6.58. The number of hydrogen-bond donors (Lipinski definition) is 3. The molecule has 4 nitrogen and oxygen atoms in total. The van der Waals surface area contributed by atoms with Gasteiger partial charge in [0.05, 0.1) is 0 Å². The normalized spacial score (nSPS) is 34.0. The van der Waals surface area contributed by atoms with Gasteiger partial charge in [0.2, 0.25) is 0 Å². The van der Waals surface area contributed by atoms with Crippen LogP contribution in [0.4, 0.5) is 27.6 Å². The number of hydrogen-bond acceptors (Lipinski definition) is 4. The standard InChI is InChI=1S/C12H14F5N3O/c1-10(7-4-6(18)2-3-8(7)13)11(14,12(15,16)17)20-5-9(19)21-10/h2-4,9,20H,5,18-19H2,1H3/t9-,10+,11?/m1/s1. The minimum atomic E-state index is -5.35. The molecule has 0 aliphatic carbocycles. The molecule has 0 amide bonds. The lowest BCUT2D eigenvalue weighted by atomic mass is 9.83. The maximum atomic E-state index is 14.7. The van der Waals surface area contributed by atoms with Gasteiger partial charge in [0.15, 0.2) is 5.60 Å². The van der Waals surface area contributed by atoms with E-state index in [1.54, 1.807) is 5.32 Å². The Balaban J connectivity index is 2.65. The molecule has 5 N–H and O–H groups in total. The highest BCUT2D eigenvalue weighted by Gasteiger charge is 2.70. The van der Waals surface area contributed by atoms with E-state index in [0.29, 0.717) is 0 Å². The molecular formula is C12H14F5N3O. The summed E-state index contributed by atoms with van der Waals surface area (Å²) >= 11 is 0. The summed E-state index contributed by atoms with van der Waals surface area (Å²) in [6.45, 7) is 0.208. The van der Waals surface area contributed by atoms with Crippen LogP contribution in [0.3, 0.4) is 0 Å². The van der Waals surface area contributed by atoms with Gasteiger partial charge in [0.25, 0.3) is 5.79 Å². The lowest BCUT2D eigenvalue weighted by Crippen LogP contribution is -2.72. The largest absolute Gasteiger partial charge is 0.439 e. The molecule has 1 aromatic rings. The van der Waals surface area contributed by atoms with E-state index in [1.165, 1.54) is 0 Å². The number of benzene rings is 1. The minimum Gasteiger partial charge on any atom is -0.399 e. The molecule has 3 atom stereocenters. The first-order valence-corrected chi connectivity index (χ1v) is 6.01. The number of halogens is 5. The van der Waals surface area contributed by atoms with Crippen molar-refractivity contribution in [2.75, 3.05) is 12.3 Å². The Labute approximate surface area is 117 Å². The molecule has 9 heteroatoms. The lowest BCUT2D eigenvalue weighted by molar-refractivity contribution is -0.336. The summed E-state index contributed by atoms with van der Waals surface area (Å²) in [5.74, 6) is -5.08. The van der Waals surface area contributed by atoms with Crippen LogP contribution in [0.15, 0.2) is 18.2 Å². The van der Waals surface area contributed by atoms with Crippen LogP contribution < -0.4 is 16.8 Å². The van der Waals surface area contributed by atoms with Gasteiger partial charge in [-0.3, -0.25) is 5.32 Å². The fraction of sp³-hybridized carbons (Fsp3) is 0.500. The van der Waals surface area contributed by atoms with Gasteiger partial charge < -0.3 is 16.2 Å². The number of alkyl halides is 4. The highest BCUT2D eigenvalue weighted by molar-refractivity contribution is 5.44. The second-order valence-electron chi connectivity index (χ2n) is 4.97. The van der Waals surface area contributed by atoms with Gasteiger partial charge in [0, 0.05) is 17.8 Å². The predicted molar refractivity (Wildman–Crippen MR) is 65.1 cm³/mol. The second-order valence-corrected chi connectivity index (χ2v) is 4.97. The molecular weight excluding hydrogens is 297 g/mol. The van der Waals surface area contributed by atoms with E-state index < -0.39 is 41.7 Å². The van der Waals surface area contributed by atoms with Crippen LogP contribution in [0.1, 0.15) is 12.5 Å². The molecule has 1 aliphatic rings. The number of morpholine rings is 1. The molecule has 21 heavy (non-hydrogen) atoms. The van der Waals surface area contributed by atoms with Gasteiger partial charge >= 0.3 is 6.18 Å². The van der Waals surface area contributed by atoms with Crippen molar-refractivity contribution >= 4 is 5.69 Å². The topological polar surface area (TPSA) is 73.3 Å². The van der Waals surface area contributed by atoms with Crippen molar-refractivity contribution in [1.82, 2.24) is 5.32 Å². The van der Waals surface area contributed by atoms with E-state index in [2.05, 4.69) is 0 Å². The van der Waals surface area contributed by atoms with Crippen molar-refractivity contribution in [2.45, 2.75) is 30.7 Å². The van der Waals surface area contributed by atoms with Crippen LogP contribution in [0, 0.1) is 5.82 Å². The first-order chi connectivity index (χ1) is 9.51. The number of rotatable bonds is 1. The first-order valence-electron chi connectivity index (χ1n) is 6.01. The quantitative estimate of drug-likeness (QED) is 0.420. The molecule has 2 rings (SSSR count). The SMILES string of the molecule is C[C@@]1(c2cc(N)ccc2F)O[C@@H](N)CNC1(F)C(F)(F)F. The van der Waals surface area contributed by atoms with E-state index in [1.807, 2.05) is 0 Å². The van der Waals surface area contributed by atoms with E-state index >= 15 is 0 Å². The second kappa shape index (κ2) is 4.79. The predicted octanol–water partition coefficient (Wildman–Crippen LogP) is 1.76. The van der Waals surface area contributed by atoms with Crippen molar-refractivity contribution in [3.05, 3.63) is 29.6 Å². The third-order valence-corrected chi connectivity index (χ3v) is 3.49. The molecule has 1 aliphatic heterocycles. The highest BCUT2D eigenvalue weighted by atomic mass is 19.4. The Bertz CT molecular complexity index is 552. The van der Waals surface area contributed by atoms with Gasteiger partial charge in [-0.25, -0.2) is 8.78 Å². The Hall–Kier alpha value is -1.45. The van der Waals surface area contributed by atoms with Crippen molar-refractivity contribution in [2.24, 2.45) is 5.73 Å². The minimum absolute atomic E-state index is 0.0279. The molecule has 0 bridgehead atoms. The molecule has 118 valence electrons. The maximum Gasteiger partial charge on any atom is 0.439 e. The van der Waals surface area contributed by atoms with Crippen LogP contribution >= 0.6 is 0 Å². The average molecular weight is 311 g/mol. The van der Waals surface area contributed by atoms with Gasteiger partial charge in [-0.05, 0) is 25.1 Å². The zero-order valence-electron chi connectivity index (χ0n) is 11.0. The number of anilines is 1. The fourth-order valence-electron chi connectivity index (χ4n) is 2.36. The van der Waals surface area contributed by atoms with Gasteiger partial charge in [-0.1, -0.05) is 0 Å². The maximum absolute atomic E-state index is 14.7. The van der Waals surface area contributed by atoms with Gasteiger partial charge in [0.1, 0.15) is 12.0 Å². The number of nitrogen functional groups attached to an aromatic ring is 1. The van der Waals surface area contributed by atoms with Crippen LogP contribution in [0.25, 0.3) is 0 Å². The molecule has 0 aromatic heterocycles. The van der Waals surface area contributed by atoms with Crippen LogP contribution in [-0.2, 0) is 10.3 Å². The molecule has 1 aromatic carbocycles. The van der Waals surface area contributed by atoms with Gasteiger partial charge in [-0.2, -0.15) is 13.2 Å². The zero-order valence-corrected chi connectivity index (χ0v) is 11.0.